The smallest absolute Gasteiger partial charge is 0.314 e. The van der Waals surface area contributed by atoms with Crippen LogP contribution in [-0.4, -0.2) is 170 Å². The lowest BCUT2D eigenvalue weighted by Crippen LogP contribution is -2.64. The first kappa shape index (κ1) is 56.8. The van der Waals surface area contributed by atoms with Crippen molar-refractivity contribution in [1.82, 2.24) is 0 Å². The van der Waals surface area contributed by atoms with Crippen LogP contribution in [-0.2, 0) is 28.5 Å². The number of esters is 1. The Morgan fingerprint density at radius 2 is 1.21 bits per heavy atom. The number of aliphatic hydroxyl groups is 11. The highest BCUT2D eigenvalue weighted by atomic mass is 16.7. The summed E-state index contributed by atoms with van der Waals surface area (Å²) in [4.78, 5) is 25.1. The number of rotatable bonds is 3. The number of nitrogens with two attached hydrogens (primary N) is 1. The van der Waals surface area contributed by atoms with Crippen molar-refractivity contribution < 1.29 is 89.8 Å². The molecule has 19 atom stereocenters. The van der Waals surface area contributed by atoms with E-state index in [0.717, 1.165) is 0 Å². The summed E-state index contributed by atoms with van der Waals surface area (Å²) in [6, 6.07) is -1.22. The molecule has 0 aliphatic carbocycles. The molecule has 0 aromatic rings. The van der Waals surface area contributed by atoms with E-state index < -0.39 is 153 Å². The number of ether oxygens (including phenoxy) is 4. The van der Waals surface area contributed by atoms with Crippen LogP contribution in [0.5, 0.6) is 0 Å². The van der Waals surface area contributed by atoms with E-state index in [1.165, 1.54) is 19.1 Å². The van der Waals surface area contributed by atoms with Gasteiger partial charge in [-0.3, -0.25) is 9.59 Å². The molecule has 19 nitrogen and oxygen atoms in total. The van der Waals surface area contributed by atoms with Crippen molar-refractivity contribution in [2.45, 2.75) is 176 Å². The molecule has 3 aliphatic heterocycles. The van der Waals surface area contributed by atoms with Gasteiger partial charge < -0.3 is 86.0 Å². The number of aliphatic hydroxyl groups excluding tert-OH is 9. The summed E-state index contributed by atoms with van der Waals surface area (Å²) in [7, 11) is 0. The Morgan fingerprint density at radius 3 is 1.79 bits per heavy atom. The highest BCUT2D eigenvalue weighted by molar-refractivity contribution is 5.72. The van der Waals surface area contributed by atoms with E-state index in [1.807, 2.05) is 13.0 Å². The van der Waals surface area contributed by atoms with Gasteiger partial charge >= 0.3 is 11.9 Å². The molecule has 0 spiro atoms. The molecule has 3 heterocycles. The molecule has 0 amide bonds. The monoisotopic (exact) mass is 939 g/mol. The first-order chi connectivity index (χ1) is 31.0. The predicted molar refractivity (Wildman–Crippen MR) is 238 cm³/mol. The van der Waals surface area contributed by atoms with Gasteiger partial charge in [-0.2, -0.15) is 0 Å². The number of allylic oxidation sites excluding steroid dienone is 12. The minimum absolute atomic E-state index is 0.143. The Hall–Kier alpha value is -3.48. The van der Waals surface area contributed by atoms with E-state index in [-0.39, 0.29) is 25.2 Å². The van der Waals surface area contributed by atoms with Crippen LogP contribution in [0.4, 0.5) is 0 Å². The van der Waals surface area contributed by atoms with Gasteiger partial charge in [0.2, 0.25) is 0 Å². The maximum Gasteiger partial charge on any atom is 0.314 e. The molecule has 0 aromatic carbocycles. The van der Waals surface area contributed by atoms with E-state index in [2.05, 4.69) is 0 Å². The number of carboxylic acid groups (broad SMARTS) is 1. The van der Waals surface area contributed by atoms with Crippen LogP contribution < -0.4 is 5.73 Å². The summed E-state index contributed by atoms with van der Waals surface area (Å²) in [5.74, 6) is -10.8. The Labute approximate surface area is 385 Å². The lowest BCUT2D eigenvalue weighted by atomic mass is 9.80. The maximum absolute atomic E-state index is 12.6. The van der Waals surface area contributed by atoms with Crippen LogP contribution in [0.2, 0.25) is 0 Å². The Bertz CT molecular complexity index is 1720. The second-order valence-electron chi connectivity index (χ2n) is 17.8. The maximum atomic E-state index is 12.6. The summed E-state index contributed by atoms with van der Waals surface area (Å²) in [6.45, 7) is 6.66. The molecule has 2 fully saturated rings. The van der Waals surface area contributed by atoms with Crippen molar-refractivity contribution in [3.8, 4) is 0 Å². The molecule has 0 radical (unpaired) electrons. The van der Waals surface area contributed by atoms with Gasteiger partial charge in [0.25, 0.3) is 0 Å². The predicted octanol–water partition coefficient (Wildman–Crippen LogP) is 0.0317. The molecule has 66 heavy (non-hydrogen) atoms. The zero-order valence-electron chi connectivity index (χ0n) is 37.9. The number of cyclic esters (lactones) is 1. The highest BCUT2D eigenvalue weighted by Gasteiger charge is 2.59. The van der Waals surface area contributed by atoms with E-state index in [0.29, 0.717) is 0 Å². The summed E-state index contributed by atoms with van der Waals surface area (Å²) in [6.07, 6.45) is 1.97. The number of aliphatic carboxylic acids is 1. The summed E-state index contributed by atoms with van der Waals surface area (Å²) in [5.41, 5.74) is 5.99. The van der Waals surface area contributed by atoms with Gasteiger partial charge in [0.1, 0.15) is 18.1 Å². The third kappa shape index (κ3) is 17.9. The van der Waals surface area contributed by atoms with E-state index >= 15 is 0 Å². The Kier molecular flexibility index (Phi) is 23.2. The van der Waals surface area contributed by atoms with Crippen LogP contribution in [0.3, 0.4) is 0 Å². The molecular formula is C47H73NO18. The van der Waals surface area contributed by atoms with Crippen molar-refractivity contribution in [3.63, 3.8) is 0 Å². The van der Waals surface area contributed by atoms with Gasteiger partial charge in [-0.25, -0.2) is 0 Å². The molecule has 0 unspecified atom stereocenters. The third-order valence-corrected chi connectivity index (χ3v) is 12.1. The topological polar surface area (TPSA) is 340 Å². The zero-order valence-corrected chi connectivity index (χ0v) is 37.9. The molecule has 3 aliphatic rings. The fraction of sp³-hybridized carbons (Fsp3) is 0.660. The van der Waals surface area contributed by atoms with E-state index in [9.17, 15) is 70.9 Å². The summed E-state index contributed by atoms with van der Waals surface area (Å²) in [5, 5.41) is 130. The lowest BCUT2D eigenvalue weighted by Gasteiger charge is -2.49. The summed E-state index contributed by atoms with van der Waals surface area (Å²) < 4.78 is 22.7. The van der Waals surface area contributed by atoms with Gasteiger partial charge in [-0.05, 0) is 33.1 Å². The van der Waals surface area contributed by atoms with Gasteiger partial charge in [-0.15, -0.1) is 0 Å². The number of carbonyl (C=O) groups excluding carboxylic acids is 1. The number of hydrogen-bond donors (Lipinski definition) is 13. The molecule has 0 aromatic heterocycles. The average Bonchev–Trinajstić information content (AvgIpc) is 3.21. The molecule has 19 heteroatoms. The number of carbonyl (C=O) groups is 2. The van der Waals surface area contributed by atoms with Crippen LogP contribution >= 0.6 is 0 Å². The first-order valence-electron chi connectivity index (χ1n) is 22.4. The second kappa shape index (κ2) is 26.9. The largest absolute Gasteiger partial charge is 0.481 e. The van der Waals surface area contributed by atoms with Crippen molar-refractivity contribution in [2.24, 2.45) is 23.5 Å². The van der Waals surface area contributed by atoms with Crippen LogP contribution in [0.1, 0.15) is 79.1 Å². The minimum Gasteiger partial charge on any atom is -0.481 e. The van der Waals surface area contributed by atoms with Crippen LogP contribution in [0.25, 0.3) is 0 Å². The first-order valence-corrected chi connectivity index (χ1v) is 22.4. The molecule has 374 valence electrons. The molecule has 0 saturated carbocycles. The number of carboxylic acids is 1. The van der Waals surface area contributed by atoms with Crippen molar-refractivity contribution >= 4 is 11.9 Å². The van der Waals surface area contributed by atoms with Crippen molar-refractivity contribution in [1.29, 1.82) is 0 Å². The molecule has 2 saturated heterocycles. The minimum atomic E-state index is -2.92. The van der Waals surface area contributed by atoms with E-state index in [1.54, 1.807) is 80.7 Å². The molecule has 14 N–H and O–H groups in total. The van der Waals surface area contributed by atoms with Gasteiger partial charge in [-0.1, -0.05) is 98.9 Å². The van der Waals surface area contributed by atoms with Crippen LogP contribution in [0, 0.1) is 17.8 Å². The fourth-order valence-corrected chi connectivity index (χ4v) is 8.09. The van der Waals surface area contributed by atoms with Gasteiger partial charge in [0.05, 0.1) is 73.5 Å². The van der Waals surface area contributed by atoms with Crippen molar-refractivity contribution in [3.05, 3.63) is 85.1 Å². The SMILES string of the molecule is C[C@@H]1[C@H](O)[C@@H](C)/C=C/C=C/C=C/C=C/C=C/C=C/C=C/[C@H](O[C@@H]2O[C@H](C)[C@@H](O)[C@H](N)[C@@H]2O)C[C@]2(O)O[C@](O)(C[C@@H](O)C[C@@H](O)[C@H](O)CC[C@@H](O)C[C@@H](O)CC(=O)O[C@H]1C)C[C@H](O)[C@H]2C(=O)O. The van der Waals surface area contributed by atoms with Gasteiger partial charge in [0.15, 0.2) is 17.9 Å². The average molecular weight is 940 g/mol. The Morgan fingerprint density at radius 1 is 0.652 bits per heavy atom. The van der Waals surface area contributed by atoms with E-state index in [4.69, 9.17) is 24.7 Å². The van der Waals surface area contributed by atoms with Crippen LogP contribution in [0.15, 0.2) is 85.1 Å². The third-order valence-electron chi connectivity index (χ3n) is 12.1. The number of hydrogen-bond acceptors (Lipinski definition) is 18. The van der Waals surface area contributed by atoms with Crippen molar-refractivity contribution in [2.75, 3.05) is 0 Å². The molecular weight excluding hydrogens is 867 g/mol. The highest BCUT2D eigenvalue weighted by Crippen LogP contribution is 2.43. The second-order valence-corrected chi connectivity index (χ2v) is 17.8. The molecule has 2 bridgehead atoms. The molecule has 3 rings (SSSR count). The fourth-order valence-electron chi connectivity index (χ4n) is 8.09. The normalized spacial score (nSPS) is 46.1. The zero-order chi connectivity index (χ0) is 49.4. The summed E-state index contributed by atoms with van der Waals surface area (Å²) >= 11 is 0. The standard InChI is InChI=1S/C47H73NO18/c1-27-17-15-13-11-9-7-5-6-8-10-12-14-16-18-34(65-45-43(58)40(48)42(57)30(4)64-45)25-47(62)39(44(59)60)37(54)26-46(61,66-47)24-33(51)22-36(53)35(52)20-19-31(49)21-32(50)23-38(55)63-29(3)28(2)41(27)56/h5-18,27-37,39-43,45,49-54,56-58,61-62H,19-26,48H2,1-4H3,(H,59,60)/b6-5+,9-7+,10-8+,13-11+,14-12+,17-15+,18-16+/t27-,28-,29-,30+,31+,32+,33-,34-,35+,36+,37-,39-,40-,41+,42+,43-,45-,46+,47-/m0/s1. The number of fused-ring (bicyclic) bond motifs is 2. The quantitative estimate of drug-likeness (QED) is 0.166. The Balaban J connectivity index is 1.90. The van der Waals surface area contributed by atoms with Gasteiger partial charge in [0, 0.05) is 37.5 Å². The lowest BCUT2D eigenvalue weighted by molar-refractivity contribution is -0.399.